The molecule has 2 aromatic carbocycles. The molecular weight excluding hydrogens is 343 g/mol. The Hall–Kier alpha value is -2.70. The van der Waals surface area contributed by atoms with E-state index in [1.807, 2.05) is 0 Å². The van der Waals surface area contributed by atoms with E-state index in [1.165, 1.54) is 24.3 Å². The highest BCUT2D eigenvalue weighted by molar-refractivity contribution is 5.94. The Morgan fingerprint density at radius 1 is 0.920 bits per heavy atom. The molecule has 0 bridgehead atoms. The van der Waals surface area contributed by atoms with Crippen LogP contribution in [0.15, 0.2) is 42.2 Å². The van der Waals surface area contributed by atoms with E-state index in [4.69, 9.17) is 0 Å². The van der Waals surface area contributed by atoms with Gasteiger partial charge in [-0.25, -0.2) is 22.4 Å². The SMILES string of the molecule is C.C.Cc1ccc(/C(F)=C(\F)C(=O)Oc2cc(F)c(F)c(F)c2)cc1. The second-order valence-electron chi connectivity index (χ2n) is 4.58. The Kier molecular flexibility index (Phi) is 7.99. The van der Waals surface area contributed by atoms with Crippen LogP contribution < -0.4 is 4.74 Å². The van der Waals surface area contributed by atoms with Crippen LogP contribution >= 0.6 is 0 Å². The third-order valence-corrected chi connectivity index (χ3v) is 2.84. The predicted molar refractivity (Wildman–Crippen MR) is 85.7 cm³/mol. The van der Waals surface area contributed by atoms with E-state index in [0.717, 1.165) is 5.56 Å². The molecule has 0 aliphatic carbocycles. The molecule has 0 N–H and O–H groups in total. The molecule has 0 saturated carbocycles. The van der Waals surface area contributed by atoms with Gasteiger partial charge in [-0.3, -0.25) is 0 Å². The Morgan fingerprint density at radius 3 is 1.88 bits per heavy atom. The van der Waals surface area contributed by atoms with Gasteiger partial charge in [-0.1, -0.05) is 44.7 Å². The Balaban J connectivity index is 0.00000288. The first kappa shape index (κ1) is 22.3. The molecule has 0 radical (unpaired) electrons. The molecule has 0 aromatic heterocycles. The van der Waals surface area contributed by atoms with Gasteiger partial charge >= 0.3 is 5.97 Å². The third-order valence-electron chi connectivity index (χ3n) is 2.84. The van der Waals surface area contributed by atoms with Crippen LogP contribution in [0.1, 0.15) is 26.0 Å². The molecule has 0 saturated heterocycles. The van der Waals surface area contributed by atoms with Crippen LogP contribution in [0.25, 0.3) is 5.83 Å². The Bertz CT molecular complexity index is 760. The van der Waals surface area contributed by atoms with Gasteiger partial charge in [-0.2, -0.15) is 4.39 Å². The molecule has 0 unspecified atom stereocenters. The van der Waals surface area contributed by atoms with Crippen LogP contribution in [-0.2, 0) is 4.79 Å². The number of hydrogen-bond donors (Lipinski definition) is 0. The lowest BCUT2D eigenvalue weighted by Gasteiger charge is -2.05. The molecular formula is C18H17F5O2. The summed E-state index contributed by atoms with van der Waals surface area (Å²) in [6.45, 7) is 1.73. The monoisotopic (exact) mass is 360 g/mol. The zero-order valence-corrected chi connectivity index (χ0v) is 11.7. The number of halogens is 5. The van der Waals surface area contributed by atoms with Gasteiger partial charge in [0.25, 0.3) is 0 Å². The number of carbonyl (C=O) groups is 1. The van der Waals surface area contributed by atoms with E-state index < -0.39 is 40.8 Å². The maximum atomic E-state index is 13.8. The molecule has 0 amide bonds. The summed E-state index contributed by atoms with van der Waals surface area (Å²) in [5, 5.41) is 0. The second-order valence-corrected chi connectivity index (χ2v) is 4.58. The quantitative estimate of drug-likeness (QED) is 0.224. The number of ether oxygens (including phenoxy) is 1. The average molecular weight is 360 g/mol. The molecule has 2 nitrogen and oxygen atoms in total. The lowest BCUT2D eigenvalue weighted by atomic mass is 10.1. The lowest BCUT2D eigenvalue weighted by Crippen LogP contribution is -2.10. The summed E-state index contributed by atoms with van der Waals surface area (Å²) >= 11 is 0. The van der Waals surface area contributed by atoms with Gasteiger partial charge in [-0.15, -0.1) is 0 Å². The minimum Gasteiger partial charge on any atom is -0.421 e. The van der Waals surface area contributed by atoms with Crippen molar-refractivity contribution in [2.75, 3.05) is 0 Å². The highest BCUT2D eigenvalue weighted by atomic mass is 19.2. The number of esters is 1. The van der Waals surface area contributed by atoms with Gasteiger partial charge in [0.2, 0.25) is 5.83 Å². The number of hydrogen-bond acceptors (Lipinski definition) is 2. The zero-order valence-electron chi connectivity index (χ0n) is 11.7. The van der Waals surface area contributed by atoms with Gasteiger partial charge in [0.1, 0.15) is 5.75 Å². The summed E-state index contributed by atoms with van der Waals surface area (Å²) in [4.78, 5) is 11.5. The number of carbonyl (C=O) groups excluding carboxylic acids is 1. The van der Waals surface area contributed by atoms with Gasteiger partial charge in [0.05, 0.1) is 0 Å². The topological polar surface area (TPSA) is 26.3 Å². The van der Waals surface area contributed by atoms with Crippen molar-refractivity contribution in [3.8, 4) is 5.75 Å². The van der Waals surface area contributed by atoms with Crippen LogP contribution in [0.2, 0.25) is 0 Å². The van der Waals surface area contributed by atoms with E-state index >= 15 is 0 Å². The number of rotatable bonds is 3. The molecule has 0 fully saturated rings. The largest absolute Gasteiger partial charge is 0.421 e. The molecule has 0 atom stereocenters. The fourth-order valence-corrected chi connectivity index (χ4v) is 1.66. The van der Waals surface area contributed by atoms with Gasteiger partial charge in [0.15, 0.2) is 23.3 Å². The first-order chi connectivity index (χ1) is 10.8. The van der Waals surface area contributed by atoms with E-state index in [1.54, 1.807) is 6.92 Å². The summed E-state index contributed by atoms with van der Waals surface area (Å²) < 4.78 is 70.5. The van der Waals surface area contributed by atoms with Gasteiger partial charge in [-0.05, 0) is 6.92 Å². The second kappa shape index (κ2) is 8.96. The van der Waals surface area contributed by atoms with E-state index in [0.29, 0.717) is 12.1 Å². The minimum atomic E-state index is -1.88. The third kappa shape index (κ3) is 5.14. The van der Waals surface area contributed by atoms with Crippen molar-refractivity contribution in [2.45, 2.75) is 21.8 Å². The van der Waals surface area contributed by atoms with Crippen molar-refractivity contribution in [2.24, 2.45) is 0 Å². The summed E-state index contributed by atoms with van der Waals surface area (Å²) in [7, 11) is 0. The van der Waals surface area contributed by atoms with Crippen molar-refractivity contribution in [1.82, 2.24) is 0 Å². The van der Waals surface area contributed by atoms with Crippen molar-refractivity contribution in [3.05, 3.63) is 70.8 Å². The van der Waals surface area contributed by atoms with Crippen molar-refractivity contribution < 1.29 is 31.5 Å². The van der Waals surface area contributed by atoms with Crippen molar-refractivity contribution in [3.63, 3.8) is 0 Å². The van der Waals surface area contributed by atoms with E-state index in [-0.39, 0.29) is 20.4 Å². The minimum absolute atomic E-state index is 0. The molecule has 0 aliphatic heterocycles. The van der Waals surface area contributed by atoms with E-state index in [2.05, 4.69) is 4.74 Å². The van der Waals surface area contributed by atoms with Gasteiger partial charge < -0.3 is 4.74 Å². The normalized spacial score (nSPS) is 11.0. The fourth-order valence-electron chi connectivity index (χ4n) is 1.66. The zero-order chi connectivity index (χ0) is 17.1. The van der Waals surface area contributed by atoms with Crippen molar-refractivity contribution >= 4 is 11.8 Å². The first-order valence-corrected chi connectivity index (χ1v) is 6.28. The molecule has 7 heteroatoms. The van der Waals surface area contributed by atoms with Gasteiger partial charge in [0, 0.05) is 17.7 Å². The van der Waals surface area contributed by atoms with Crippen LogP contribution in [-0.4, -0.2) is 5.97 Å². The van der Waals surface area contributed by atoms with Crippen LogP contribution in [0.3, 0.4) is 0 Å². The van der Waals surface area contributed by atoms with Crippen molar-refractivity contribution in [1.29, 1.82) is 0 Å². The Labute approximate surface area is 142 Å². The Morgan fingerprint density at radius 2 is 1.40 bits per heavy atom. The lowest BCUT2D eigenvalue weighted by molar-refractivity contribution is -0.131. The molecule has 0 heterocycles. The molecule has 136 valence electrons. The van der Waals surface area contributed by atoms with E-state index in [9.17, 15) is 26.7 Å². The predicted octanol–water partition coefficient (Wildman–Crippen LogP) is 5.90. The molecule has 2 rings (SSSR count). The molecule has 2 aromatic rings. The average Bonchev–Trinajstić information content (AvgIpc) is 2.51. The standard InChI is InChI=1S/C16H9F5O2.2CH4/c1-8-2-4-9(5-3-8)13(19)15(21)16(22)23-10-6-11(17)14(20)12(18)7-10;;/h2-7H,1H3;2*1H4/b15-13+;;. The fraction of sp³-hybridized carbons (Fsp3) is 0.167. The summed E-state index contributed by atoms with van der Waals surface area (Å²) in [6.07, 6.45) is 0. The highest BCUT2D eigenvalue weighted by Gasteiger charge is 2.21. The first-order valence-electron chi connectivity index (χ1n) is 6.28. The maximum absolute atomic E-state index is 13.8. The van der Waals surface area contributed by atoms with Crippen LogP contribution in [0, 0.1) is 24.4 Å². The summed E-state index contributed by atoms with van der Waals surface area (Å²) in [5.41, 5.74) is 0.586. The smallest absolute Gasteiger partial charge is 0.375 e. The molecule has 0 aliphatic rings. The maximum Gasteiger partial charge on any atom is 0.375 e. The highest BCUT2D eigenvalue weighted by Crippen LogP contribution is 2.25. The number of benzene rings is 2. The molecule has 0 spiro atoms. The number of aryl methyl sites for hydroxylation is 1. The summed E-state index contributed by atoms with van der Waals surface area (Å²) in [5.74, 6) is -11.0. The van der Waals surface area contributed by atoms with Crippen LogP contribution in [0.4, 0.5) is 22.0 Å². The molecule has 25 heavy (non-hydrogen) atoms. The summed E-state index contributed by atoms with van der Waals surface area (Å²) in [6, 6.07) is 6.17. The van der Waals surface area contributed by atoms with Crippen LogP contribution in [0.5, 0.6) is 5.75 Å².